The highest BCUT2D eigenvalue weighted by Crippen LogP contribution is 2.25. The number of pyridine rings is 1. The number of hydrogen-bond donors (Lipinski definition) is 1. The van der Waals surface area contributed by atoms with E-state index in [2.05, 4.69) is 15.0 Å². The number of fused-ring (bicyclic) bond motifs is 1. The van der Waals surface area contributed by atoms with Crippen LogP contribution in [0.1, 0.15) is 59.4 Å². The first-order valence-electron chi connectivity index (χ1n) is 10.0. The molecule has 0 fully saturated rings. The van der Waals surface area contributed by atoms with E-state index in [4.69, 9.17) is 4.74 Å². The summed E-state index contributed by atoms with van der Waals surface area (Å²) in [5.41, 5.74) is 1.35. The van der Waals surface area contributed by atoms with Crippen molar-refractivity contribution in [1.82, 2.24) is 10.3 Å². The van der Waals surface area contributed by atoms with Gasteiger partial charge in [0, 0.05) is 22.9 Å². The normalized spacial score (nSPS) is 15.0. The van der Waals surface area contributed by atoms with Crippen LogP contribution in [0.25, 0.3) is 12.2 Å². The van der Waals surface area contributed by atoms with E-state index in [9.17, 15) is 14.4 Å². The van der Waals surface area contributed by atoms with Gasteiger partial charge in [0.2, 0.25) is 0 Å². The van der Waals surface area contributed by atoms with E-state index in [1.807, 2.05) is 51.1 Å². The van der Waals surface area contributed by atoms with Crippen LogP contribution in [0, 0.1) is 0 Å². The Labute approximate surface area is 180 Å². The van der Waals surface area contributed by atoms with E-state index in [1.165, 1.54) is 7.11 Å². The molecule has 0 bridgehead atoms. The minimum Gasteiger partial charge on any atom is -0.468 e. The van der Waals surface area contributed by atoms with E-state index in [0.29, 0.717) is 22.9 Å². The second-order valence-corrected chi connectivity index (χ2v) is 8.26. The van der Waals surface area contributed by atoms with Crippen LogP contribution < -0.4 is 15.9 Å². The van der Waals surface area contributed by atoms with Crippen molar-refractivity contribution in [1.29, 1.82) is 0 Å². The summed E-state index contributed by atoms with van der Waals surface area (Å²) in [6, 6.07) is 8.99. The minimum atomic E-state index is -0.564. The van der Waals surface area contributed by atoms with Gasteiger partial charge in [-0.15, -0.1) is 0 Å². The summed E-state index contributed by atoms with van der Waals surface area (Å²) < 4.78 is 10.0. The first-order chi connectivity index (χ1) is 14.7. The van der Waals surface area contributed by atoms with Gasteiger partial charge in [0.05, 0.1) is 18.0 Å². The molecule has 1 aromatic carbocycles. The second kappa shape index (κ2) is 9.12. The van der Waals surface area contributed by atoms with Crippen molar-refractivity contribution in [2.75, 3.05) is 13.7 Å². The average Bonchev–Trinajstić information content (AvgIpc) is 2.75. The highest BCUT2D eigenvalue weighted by molar-refractivity contribution is 5.96. The Morgan fingerprint density at radius 2 is 1.97 bits per heavy atom. The van der Waals surface area contributed by atoms with Crippen molar-refractivity contribution in [3.8, 4) is 0 Å². The van der Waals surface area contributed by atoms with Gasteiger partial charge in [-0.05, 0) is 51.0 Å². The third-order valence-corrected chi connectivity index (χ3v) is 4.77. The lowest BCUT2D eigenvalue weighted by Crippen LogP contribution is -2.40. The largest absolute Gasteiger partial charge is 0.468 e. The van der Waals surface area contributed by atoms with Crippen LogP contribution in [-0.4, -0.2) is 42.1 Å². The van der Waals surface area contributed by atoms with Gasteiger partial charge in [0.25, 0.3) is 5.91 Å². The van der Waals surface area contributed by atoms with Gasteiger partial charge in [0.15, 0.2) is 0 Å². The minimum absolute atomic E-state index is 0.00997. The van der Waals surface area contributed by atoms with Crippen LogP contribution in [0.3, 0.4) is 0 Å². The number of esters is 2. The van der Waals surface area contributed by atoms with Crippen molar-refractivity contribution in [3.63, 3.8) is 0 Å². The molecule has 0 aliphatic heterocycles. The summed E-state index contributed by atoms with van der Waals surface area (Å²) in [4.78, 5) is 40.6. The molecule has 1 atom stereocenters. The van der Waals surface area contributed by atoms with E-state index in [1.54, 1.807) is 18.3 Å². The summed E-state index contributed by atoms with van der Waals surface area (Å²) in [5, 5.41) is 3.97. The Morgan fingerprint density at radius 1 is 1.19 bits per heavy atom. The molecule has 31 heavy (non-hydrogen) atoms. The highest BCUT2D eigenvalue weighted by atomic mass is 16.6. The smallest absolute Gasteiger partial charge is 0.338 e. The molecule has 7 heteroatoms. The van der Waals surface area contributed by atoms with Crippen molar-refractivity contribution < 1.29 is 23.9 Å². The highest BCUT2D eigenvalue weighted by Gasteiger charge is 2.20. The van der Waals surface area contributed by atoms with Gasteiger partial charge in [-0.25, -0.2) is 4.79 Å². The maximum absolute atomic E-state index is 12.5. The molecular weight excluding hydrogens is 396 g/mol. The Morgan fingerprint density at radius 3 is 2.68 bits per heavy atom. The molecular formula is C24H26N2O5. The number of amides is 1. The standard InChI is InChI=1S/C24H26N2O5/c1-24(2,3)31-23(29)17-7-5-6-15(12-17)16-8-9-18-19(10-11-25-20(18)13-16)22(28)26-14-21(27)30-4/h5-7,9-13,16H,8,14H2,1-4H3,(H,26,28). The van der Waals surface area contributed by atoms with Crippen LogP contribution >= 0.6 is 0 Å². The maximum Gasteiger partial charge on any atom is 0.338 e. The predicted molar refractivity (Wildman–Crippen MR) is 116 cm³/mol. The Kier molecular flexibility index (Phi) is 6.53. The Bertz CT molecular complexity index is 1130. The SMILES string of the molecule is COC(=O)CNC(=O)c1ccnc2c1=CCC(c1cccc(C(=O)OC(C)(C)C)c1)C=2. The summed E-state index contributed by atoms with van der Waals surface area (Å²) >= 11 is 0. The molecule has 3 rings (SSSR count). The molecule has 2 aromatic rings. The lowest BCUT2D eigenvalue weighted by Gasteiger charge is -2.20. The molecule has 0 radical (unpaired) electrons. The van der Waals surface area contributed by atoms with Gasteiger partial charge in [-0.2, -0.15) is 0 Å². The van der Waals surface area contributed by atoms with E-state index >= 15 is 0 Å². The molecule has 1 aliphatic rings. The molecule has 1 aliphatic carbocycles. The van der Waals surface area contributed by atoms with Crippen molar-refractivity contribution in [3.05, 3.63) is 63.8 Å². The summed E-state index contributed by atoms with van der Waals surface area (Å²) in [5.74, 6) is -1.23. The number of ether oxygens (including phenoxy) is 2. The summed E-state index contributed by atoms with van der Waals surface area (Å²) in [6.45, 7) is 5.30. The molecule has 0 saturated carbocycles. The topological polar surface area (TPSA) is 94.6 Å². The van der Waals surface area contributed by atoms with Gasteiger partial charge < -0.3 is 14.8 Å². The molecule has 1 N–H and O–H groups in total. The average molecular weight is 422 g/mol. The van der Waals surface area contributed by atoms with Crippen molar-refractivity contribution in [2.24, 2.45) is 0 Å². The van der Waals surface area contributed by atoms with Crippen LogP contribution in [0.2, 0.25) is 0 Å². The van der Waals surface area contributed by atoms with E-state index in [-0.39, 0.29) is 24.3 Å². The zero-order valence-electron chi connectivity index (χ0n) is 18.1. The first-order valence-corrected chi connectivity index (χ1v) is 10.0. The molecule has 1 amide bonds. The molecule has 1 heterocycles. The monoisotopic (exact) mass is 422 g/mol. The van der Waals surface area contributed by atoms with Crippen molar-refractivity contribution >= 4 is 30.0 Å². The second-order valence-electron chi connectivity index (χ2n) is 8.26. The quantitative estimate of drug-likeness (QED) is 0.737. The Balaban J connectivity index is 1.86. The van der Waals surface area contributed by atoms with Crippen molar-refractivity contribution in [2.45, 2.75) is 38.7 Å². The molecule has 162 valence electrons. The van der Waals surface area contributed by atoms with Gasteiger partial charge in [-0.1, -0.05) is 24.3 Å². The zero-order chi connectivity index (χ0) is 22.6. The van der Waals surface area contributed by atoms with Gasteiger partial charge in [0.1, 0.15) is 12.1 Å². The number of aromatic nitrogens is 1. The molecule has 0 spiro atoms. The number of methoxy groups -OCH3 is 1. The summed E-state index contributed by atoms with van der Waals surface area (Å²) in [6.07, 6.45) is 6.16. The fourth-order valence-electron chi connectivity index (χ4n) is 3.32. The third-order valence-electron chi connectivity index (χ3n) is 4.77. The first kappa shape index (κ1) is 22.2. The number of benzene rings is 1. The van der Waals surface area contributed by atoms with Crippen LogP contribution in [0.4, 0.5) is 0 Å². The van der Waals surface area contributed by atoms with E-state index < -0.39 is 11.6 Å². The van der Waals surface area contributed by atoms with E-state index in [0.717, 1.165) is 10.8 Å². The maximum atomic E-state index is 12.5. The van der Waals surface area contributed by atoms with Crippen LogP contribution in [0.15, 0.2) is 36.5 Å². The van der Waals surface area contributed by atoms with Crippen LogP contribution in [-0.2, 0) is 14.3 Å². The van der Waals surface area contributed by atoms with Gasteiger partial charge >= 0.3 is 11.9 Å². The number of nitrogens with zero attached hydrogens (tertiary/aromatic N) is 1. The lowest BCUT2D eigenvalue weighted by atomic mass is 9.90. The fourth-order valence-corrected chi connectivity index (χ4v) is 3.32. The Hall–Kier alpha value is -3.48. The van der Waals surface area contributed by atoms with Crippen LogP contribution in [0.5, 0.6) is 0 Å². The summed E-state index contributed by atoms with van der Waals surface area (Å²) in [7, 11) is 1.27. The van der Waals surface area contributed by atoms with Gasteiger partial charge in [-0.3, -0.25) is 14.6 Å². The number of hydrogen-bond acceptors (Lipinski definition) is 6. The third kappa shape index (κ3) is 5.57. The predicted octanol–water partition coefficient (Wildman–Crippen LogP) is 1.69. The number of carbonyl (C=O) groups is 3. The molecule has 0 saturated heterocycles. The fraction of sp³-hybridized carbons (Fsp3) is 0.333. The zero-order valence-corrected chi connectivity index (χ0v) is 18.1. The number of rotatable bonds is 5. The lowest BCUT2D eigenvalue weighted by molar-refractivity contribution is -0.139. The molecule has 1 aromatic heterocycles. The molecule has 1 unspecified atom stereocenters. The number of carbonyl (C=O) groups excluding carboxylic acids is 3. The molecule has 7 nitrogen and oxygen atoms in total. The number of nitrogens with one attached hydrogen (secondary N) is 1.